The maximum absolute atomic E-state index is 9.35. The average molecular weight is 219 g/mol. The van der Waals surface area contributed by atoms with E-state index in [0.717, 1.165) is 18.7 Å². The minimum Gasteiger partial charge on any atom is -0.392 e. The van der Waals surface area contributed by atoms with Gasteiger partial charge in [0.05, 0.1) is 6.61 Å². The van der Waals surface area contributed by atoms with E-state index in [2.05, 4.69) is 17.0 Å². The van der Waals surface area contributed by atoms with E-state index in [1.54, 1.807) is 0 Å². The molecule has 16 heavy (non-hydrogen) atoms. The molecule has 2 heteroatoms. The quantitative estimate of drug-likeness (QED) is 0.826. The average Bonchev–Trinajstić information content (AvgIpc) is 2.29. The number of nitrogens with zero attached hydrogens (tertiary/aromatic N) is 1. The summed E-state index contributed by atoms with van der Waals surface area (Å²) in [4.78, 5) is 2.44. The summed E-state index contributed by atoms with van der Waals surface area (Å²) in [7, 11) is 0. The molecule has 0 spiro atoms. The number of hydrogen-bond acceptors (Lipinski definition) is 2. The monoisotopic (exact) mass is 219 g/mol. The number of hydrogen-bond donors (Lipinski definition) is 1. The molecule has 2 nitrogen and oxygen atoms in total. The molecule has 0 aromatic heterocycles. The van der Waals surface area contributed by atoms with Gasteiger partial charge in [-0.25, -0.2) is 0 Å². The molecule has 0 unspecified atom stereocenters. The molecule has 0 amide bonds. The van der Waals surface area contributed by atoms with Gasteiger partial charge in [0.25, 0.3) is 0 Å². The first-order valence-electron chi connectivity index (χ1n) is 6.35. The first kappa shape index (κ1) is 11.5. The molecule has 1 aromatic rings. The van der Waals surface area contributed by atoms with Crippen molar-refractivity contribution < 1.29 is 5.11 Å². The summed E-state index contributed by atoms with van der Waals surface area (Å²) in [5, 5.41) is 9.35. The Morgan fingerprint density at radius 3 is 2.25 bits per heavy atom. The number of para-hydroxylation sites is 1. The molecule has 0 bridgehead atoms. The van der Waals surface area contributed by atoms with Crippen LogP contribution in [0.25, 0.3) is 0 Å². The van der Waals surface area contributed by atoms with Gasteiger partial charge in [-0.1, -0.05) is 37.5 Å². The lowest BCUT2D eigenvalue weighted by atomic mass is 10.1. The van der Waals surface area contributed by atoms with Gasteiger partial charge in [0.15, 0.2) is 0 Å². The van der Waals surface area contributed by atoms with Crippen LogP contribution in [0.3, 0.4) is 0 Å². The number of anilines is 1. The SMILES string of the molecule is OCc1ccccc1N1CCCCCCC1. The van der Waals surface area contributed by atoms with Crippen molar-refractivity contribution in [3.8, 4) is 0 Å². The van der Waals surface area contributed by atoms with Crippen LogP contribution in [0.1, 0.15) is 37.7 Å². The first-order chi connectivity index (χ1) is 7.92. The van der Waals surface area contributed by atoms with Crippen molar-refractivity contribution in [1.82, 2.24) is 0 Å². The topological polar surface area (TPSA) is 23.5 Å². The van der Waals surface area contributed by atoms with Gasteiger partial charge in [-0.15, -0.1) is 0 Å². The van der Waals surface area contributed by atoms with Gasteiger partial charge in [0.2, 0.25) is 0 Å². The second-order valence-corrected chi connectivity index (χ2v) is 4.54. The second kappa shape index (κ2) is 5.90. The molecule has 1 heterocycles. The number of aliphatic hydroxyl groups is 1. The molecule has 1 saturated heterocycles. The molecule has 0 atom stereocenters. The zero-order valence-corrected chi connectivity index (χ0v) is 9.86. The summed E-state index contributed by atoms with van der Waals surface area (Å²) in [6.45, 7) is 2.42. The molecule has 1 aliphatic heterocycles. The van der Waals surface area contributed by atoms with Gasteiger partial charge < -0.3 is 10.0 Å². The van der Waals surface area contributed by atoms with E-state index < -0.39 is 0 Å². The maximum Gasteiger partial charge on any atom is 0.0702 e. The lowest BCUT2D eigenvalue weighted by Crippen LogP contribution is -2.27. The van der Waals surface area contributed by atoms with Crippen LogP contribution >= 0.6 is 0 Å². The Kier molecular flexibility index (Phi) is 4.23. The van der Waals surface area contributed by atoms with Gasteiger partial charge >= 0.3 is 0 Å². The Morgan fingerprint density at radius 2 is 1.56 bits per heavy atom. The van der Waals surface area contributed by atoms with Gasteiger partial charge in [-0.2, -0.15) is 0 Å². The van der Waals surface area contributed by atoms with Crippen LogP contribution in [0, 0.1) is 0 Å². The zero-order chi connectivity index (χ0) is 11.2. The van der Waals surface area contributed by atoms with E-state index >= 15 is 0 Å². The minimum atomic E-state index is 0.146. The fourth-order valence-corrected chi connectivity index (χ4v) is 2.44. The Hall–Kier alpha value is -1.02. The highest BCUT2D eigenvalue weighted by molar-refractivity contribution is 5.53. The molecule has 1 aromatic carbocycles. The van der Waals surface area contributed by atoms with Crippen molar-refractivity contribution in [2.24, 2.45) is 0 Å². The van der Waals surface area contributed by atoms with Crippen LogP contribution in [0.4, 0.5) is 5.69 Å². The van der Waals surface area contributed by atoms with Crippen molar-refractivity contribution in [3.63, 3.8) is 0 Å². The summed E-state index contributed by atoms with van der Waals surface area (Å²) in [6, 6.07) is 8.22. The lowest BCUT2D eigenvalue weighted by Gasteiger charge is -2.28. The maximum atomic E-state index is 9.35. The summed E-state index contributed by atoms with van der Waals surface area (Å²) in [5.41, 5.74) is 2.29. The highest BCUT2D eigenvalue weighted by Gasteiger charge is 2.11. The van der Waals surface area contributed by atoms with Crippen LogP contribution in [-0.4, -0.2) is 18.2 Å². The molecule has 0 radical (unpaired) electrons. The fraction of sp³-hybridized carbons (Fsp3) is 0.571. The van der Waals surface area contributed by atoms with Crippen molar-refractivity contribution >= 4 is 5.69 Å². The molecule has 1 N–H and O–H groups in total. The lowest BCUT2D eigenvalue weighted by molar-refractivity contribution is 0.282. The van der Waals surface area contributed by atoms with E-state index in [4.69, 9.17) is 0 Å². The van der Waals surface area contributed by atoms with Crippen LogP contribution in [0.2, 0.25) is 0 Å². The molecule has 1 aliphatic rings. The van der Waals surface area contributed by atoms with Crippen molar-refractivity contribution in [2.45, 2.75) is 38.7 Å². The summed E-state index contributed by atoms with van der Waals surface area (Å²) in [6.07, 6.45) is 6.63. The van der Waals surface area contributed by atoms with Crippen molar-refractivity contribution in [3.05, 3.63) is 29.8 Å². The first-order valence-corrected chi connectivity index (χ1v) is 6.35. The van der Waals surface area contributed by atoms with E-state index in [-0.39, 0.29) is 6.61 Å². The third-order valence-electron chi connectivity index (χ3n) is 3.36. The van der Waals surface area contributed by atoms with Gasteiger partial charge in [-0.05, 0) is 18.9 Å². The molecule has 0 saturated carbocycles. The molecule has 1 fully saturated rings. The number of benzene rings is 1. The third kappa shape index (κ3) is 2.76. The van der Waals surface area contributed by atoms with Crippen LogP contribution in [0.15, 0.2) is 24.3 Å². The van der Waals surface area contributed by atoms with Crippen molar-refractivity contribution in [2.75, 3.05) is 18.0 Å². The van der Waals surface area contributed by atoms with Crippen molar-refractivity contribution in [1.29, 1.82) is 0 Å². The number of rotatable bonds is 2. The second-order valence-electron chi connectivity index (χ2n) is 4.54. The minimum absolute atomic E-state index is 0.146. The van der Waals surface area contributed by atoms with E-state index in [1.165, 1.54) is 37.8 Å². The molecular weight excluding hydrogens is 198 g/mol. The van der Waals surface area contributed by atoms with Gasteiger partial charge in [0.1, 0.15) is 0 Å². The Labute approximate surface area is 97.9 Å². The number of aliphatic hydroxyl groups excluding tert-OH is 1. The molecule has 0 aliphatic carbocycles. The summed E-state index contributed by atoms with van der Waals surface area (Å²) in [5.74, 6) is 0. The summed E-state index contributed by atoms with van der Waals surface area (Å²) < 4.78 is 0. The predicted molar refractivity (Wildman–Crippen MR) is 67.7 cm³/mol. The molecule has 2 rings (SSSR count). The normalized spacial score (nSPS) is 17.9. The zero-order valence-electron chi connectivity index (χ0n) is 9.86. The van der Waals surface area contributed by atoms with Crippen LogP contribution in [-0.2, 0) is 6.61 Å². The van der Waals surface area contributed by atoms with E-state index in [9.17, 15) is 5.11 Å². The highest BCUT2D eigenvalue weighted by atomic mass is 16.3. The predicted octanol–water partition coefficient (Wildman–Crippen LogP) is 2.95. The van der Waals surface area contributed by atoms with Crippen LogP contribution < -0.4 is 4.90 Å². The van der Waals surface area contributed by atoms with Crippen LogP contribution in [0.5, 0.6) is 0 Å². The Bertz CT molecular complexity index is 316. The standard InChI is InChI=1S/C14H21NO/c16-12-13-8-4-5-9-14(13)15-10-6-2-1-3-7-11-15/h4-5,8-9,16H,1-3,6-7,10-12H2. The summed E-state index contributed by atoms with van der Waals surface area (Å²) >= 11 is 0. The van der Waals surface area contributed by atoms with E-state index in [1.807, 2.05) is 12.1 Å². The Balaban J connectivity index is 2.13. The Morgan fingerprint density at radius 1 is 0.938 bits per heavy atom. The largest absolute Gasteiger partial charge is 0.392 e. The van der Waals surface area contributed by atoms with Gasteiger partial charge in [0, 0.05) is 24.3 Å². The van der Waals surface area contributed by atoms with Gasteiger partial charge in [-0.3, -0.25) is 0 Å². The van der Waals surface area contributed by atoms with E-state index in [0.29, 0.717) is 0 Å². The fourth-order valence-electron chi connectivity index (χ4n) is 2.44. The highest BCUT2D eigenvalue weighted by Crippen LogP contribution is 2.23. The molecular formula is C14H21NO. The molecule has 88 valence electrons. The third-order valence-corrected chi connectivity index (χ3v) is 3.36. The smallest absolute Gasteiger partial charge is 0.0702 e.